The van der Waals surface area contributed by atoms with Crippen LogP contribution in [0.3, 0.4) is 0 Å². The maximum absolute atomic E-state index is 6.99. The second kappa shape index (κ2) is 14.9. The zero-order chi connectivity index (χ0) is 41.0. The summed E-state index contributed by atoms with van der Waals surface area (Å²) in [5.74, 6) is 0.836. The van der Waals surface area contributed by atoms with Crippen LogP contribution in [0.5, 0.6) is 0 Å². The largest absolute Gasteiger partial charge is 0.454 e. The second-order valence-electron chi connectivity index (χ2n) is 16.0. The molecule has 11 aromatic rings. The first-order valence-electron chi connectivity index (χ1n) is 21.2. The Morgan fingerprint density at radius 1 is 0.435 bits per heavy atom. The molecular weight excluding hydrogens is 757 g/mol. The Morgan fingerprint density at radius 2 is 0.952 bits per heavy atom. The van der Waals surface area contributed by atoms with Gasteiger partial charge in [0.15, 0.2) is 5.58 Å². The molecule has 2 atom stereocenters. The van der Waals surface area contributed by atoms with Crippen molar-refractivity contribution in [3.05, 3.63) is 235 Å². The molecule has 0 aliphatic carbocycles. The average Bonchev–Trinajstić information content (AvgIpc) is 3.90. The monoisotopic (exact) mass is 796 g/mol. The predicted molar refractivity (Wildman–Crippen MR) is 256 cm³/mol. The van der Waals surface area contributed by atoms with Gasteiger partial charge >= 0.3 is 0 Å². The smallest absolute Gasteiger partial charge is 0.159 e. The standard InChI is InChI=1S/C57H40N4O/c1-5-15-37(16-6-1)40-27-29-42(30-28-40)56-58-55(41-21-11-4-12-22-41)59-57(60-56)46-24-14-26-52-53(46)45-23-13-25-51(54(45)62-52)61-49-33-31-43(38-17-7-2-8-18-38)35-47(49)48-36-44(32-34-50(48)61)39-19-9-3-10-20-39/h1-36,55,57,59H,(H,58,60). The van der Waals surface area contributed by atoms with Gasteiger partial charge in [-0.05, 0) is 75.3 Å². The van der Waals surface area contributed by atoms with E-state index >= 15 is 0 Å². The van der Waals surface area contributed by atoms with Gasteiger partial charge in [0.25, 0.3) is 0 Å². The van der Waals surface area contributed by atoms with Crippen LogP contribution in [0.2, 0.25) is 0 Å². The summed E-state index contributed by atoms with van der Waals surface area (Å²) in [6, 6.07) is 77.5. The summed E-state index contributed by atoms with van der Waals surface area (Å²) in [6.45, 7) is 0. The highest BCUT2D eigenvalue weighted by molar-refractivity contribution is 6.15. The van der Waals surface area contributed by atoms with E-state index in [2.05, 4.69) is 228 Å². The number of hydrogen-bond acceptors (Lipinski definition) is 4. The molecule has 0 radical (unpaired) electrons. The summed E-state index contributed by atoms with van der Waals surface area (Å²) in [4.78, 5) is 5.41. The van der Waals surface area contributed by atoms with Gasteiger partial charge in [-0.3, -0.25) is 5.32 Å². The molecular formula is C57H40N4O. The number of nitrogens with zero attached hydrogens (tertiary/aromatic N) is 2. The molecule has 62 heavy (non-hydrogen) atoms. The number of nitrogens with one attached hydrogen (secondary N) is 2. The summed E-state index contributed by atoms with van der Waals surface area (Å²) >= 11 is 0. The summed E-state index contributed by atoms with van der Waals surface area (Å²) in [5, 5.41) is 12.1. The fourth-order valence-electron chi connectivity index (χ4n) is 9.30. The summed E-state index contributed by atoms with van der Waals surface area (Å²) < 4.78 is 9.37. The molecule has 12 rings (SSSR count). The van der Waals surface area contributed by atoms with Gasteiger partial charge < -0.3 is 14.3 Å². The maximum Gasteiger partial charge on any atom is 0.159 e. The minimum atomic E-state index is -0.362. The zero-order valence-electron chi connectivity index (χ0n) is 33.7. The number of furan rings is 1. The lowest BCUT2D eigenvalue weighted by molar-refractivity contribution is 0.410. The Kier molecular flexibility index (Phi) is 8.65. The fourth-order valence-corrected chi connectivity index (χ4v) is 9.30. The van der Waals surface area contributed by atoms with E-state index in [0.29, 0.717) is 0 Å². The molecule has 0 fully saturated rings. The van der Waals surface area contributed by atoms with E-state index in [4.69, 9.17) is 9.41 Å². The van der Waals surface area contributed by atoms with Crippen molar-refractivity contribution < 1.29 is 4.42 Å². The summed E-state index contributed by atoms with van der Waals surface area (Å²) in [7, 11) is 0. The van der Waals surface area contributed by atoms with Crippen molar-refractivity contribution in [2.75, 3.05) is 0 Å². The Hall–Kier alpha value is -7.99. The second-order valence-corrected chi connectivity index (χ2v) is 16.0. The van der Waals surface area contributed by atoms with Gasteiger partial charge in [-0.2, -0.15) is 0 Å². The van der Waals surface area contributed by atoms with Crippen LogP contribution in [-0.2, 0) is 0 Å². The molecule has 2 aromatic heterocycles. The summed E-state index contributed by atoms with van der Waals surface area (Å²) in [6.07, 6.45) is -0.537. The first kappa shape index (κ1) is 35.9. The van der Waals surface area contributed by atoms with Crippen LogP contribution < -0.4 is 10.6 Å². The SMILES string of the molecule is c1ccc(-c2ccc(C3=NC(c4cccc5oc6c(-n7c8ccc(-c9ccccc9)cc8c8cc(-c9ccccc9)ccc87)cccc6c45)NC(c4ccccc4)N3)cc2)cc1. The van der Waals surface area contributed by atoms with Crippen LogP contribution in [-0.4, -0.2) is 10.4 Å². The third-order valence-corrected chi connectivity index (χ3v) is 12.3. The molecule has 2 unspecified atom stereocenters. The van der Waals surface area contributed by atoms with Crippen LogP contribution >= 0.6 is 0 Å². The first-order valence-corrected chi connectivity index (χ1v) is 21.2. The zero-order valence-corrected chi connectivity index (χ0v) is 33.7. The molecule has 3 heterocycles. The predicted octanol–water partition coefficient (Wildman–Crippen LogP) is 14.0. The quantitative estimate of drug-likeness (QED) is 0.169. The average molecular weight is 797 g/mol. The molecule has 2 N–H and O–H groups in total. The van der Waals surface area contributed by atoms with Crippen molar-refractivity contribution in [3.63, 3.8) is 0 Å². The molecule has 9 aromatic carbocycles. The van der Waals surface area contributed by atoms with Crippen LogP contribution in [0.15, 0.2) is 228 Å². The minimum Gasteiger partial charge on any atom is -0.454 e. The summed E-state index contributed by atoms with van der Waals surface area (Å²) in [5.41, 5.74) is 15.2. The van der Waals surface area contributed by atoms with E-state index in [9.17, 15) is 0 Å². The van der Waals surface area contributed by atoms with E-state index in [0.717, 1.165) is 61.2 Å². The molecule has 1 aliphatic heterocycles. The first-order chi connectivity index (χ1) is 30.7. The Balaban J connectivity index is 1.02. The van der Waals surface area contributed by atoms with E-state index in [1.165, 1.54) is 44.2 Å². The highest BCUT2D eigenvalue weighted by Gasteiger charge is 2.28. The van der Waals surface area contributed by atoms with Crippen molar-refractivity contribution >= 4 is 49.6 Å². The number of fused-ring (bicyclic) bond motifs is 6. The van der Waals surface area contributed by atoms with Crippen molar-refractivity contribution in [1.82, 2.24) is 15.2 Å². The van der Waals surface area contributed by atoms with Gasteiger partial charge in [-0.15, -0.1) is 0 Å². The van der Waals surface area contributed by atoms with Crippen molar-refractivity contribution in [1.29, 1.82) is 0 Å². The Bertz CT molecular complexity index is 3350. The molecule has 0 saturated heterocycles. The lowest BCUT2D eigenvalue weighted by atomic mass is 10.0. The number of rotatable bonds is 7. The number of benzene rings is 9. The number of amidine groups is 1. The Labute approximate surface area is 359 Å². The lowest BCUT2D eigenvalue weighted by Crippen LogP contribution is -2.45. The number of hydrogen-bond donors (Lipinski definition) is 2. The number of para-hydroxylation sites is 1. The van der Waals surface area contributed by atoms with Crippen molar-refractivity contribution in [3.8, 4) is 39.1 Å². The molecule has 5 heteroatoms. The van der Waals surface area contributed by atoms with Gasteiger partial charge in [-0.25, -0.2) is 4.99 Å². The van der Waals surface area contributed by atoms with Gasteiger partial charge in [0.2, 0.25) is 0 Å². The third kappa shape index (κ3) is 6.18. The molecule has 0 amide bonds. The van der Waals surface area contributed by atoms with Crippen LogP contribution in [0, 0.1) is 0 Å². The molecule has 294 valence electrons. The van der Waals surface area contributed by atoms with Gasteiger partial charge in [0.05, 0.1) is 16.7 Å². The normalized spacial score (nSPS) is 15.3. The molecule has 0 spiro atoms. The molecule has 0 bridgehead atoms. The molecule has 5 nitrogen and oxygen atoms in total. The van der Waals surface area contributed by atoms with E-state index in [-0.39, 0.29) is 12.3 Å². The Morgan fingerprint density at radius 3 is 1.56 bits per heavy atom. The highest BCUT2D eigenvalue weighted by Crippen LogP contribution is 2.42. The molecule has 0 saturated carbocycles. The highest BCUT2D eigenvalue weighted by atomic mass is 16.3. The van der Waals surface area contributed by atoms with Crippen LogP contribution in [0.1, 0.15) is 29.0 Å². The van der Waals surface area contributed by atoms with Gasteiger partial charge in [-0.1, -0.05) is 182 Å². The van der Waals surface area contributed by atoms with E-state index in [1.54, 1.807) is 0 Å². The molecule has 1 aliphatic rings. The number of aromatic nitrogens is 1. The van der Waals surface area contributed by atoms with Crippen LogP contribution in [0.4, 0.5) is 0 Å². The van der Waals surface area contributed by atoms with E-state index in [1.807, 2.05) is 6.07 Å². The van der Waals surface area contributed by atoms with Crippen molar-refractivity contribution in [2.24, 2.45) is 4.99 Å². The van der Waals surface area contributed by atoms with Gasteiger partial charge in [0.1, 0.15) is 23.8 Å². The topological polar surface area (TPSA) is 54.5 Å². The number of aliphatic imine (C=N–C) groups is 1. The van der Waals surface area contributed by atoms with E-state index < -0.39 is 0 Å². The third-order valence-electron chi connectivity index (χ3n) is 12.3. The minimum absolute atomic E-state index is 0.175. The fraction of sp³-hybridized carbons (Fsp3) is 0.0351. The lowest BCUT2D eigenvalue weighted by Gasteiger charge is -2.32. The van der Waals surface area contributed by atoms with Crippen molar-refractivity contribution in [2.45, 2.75) is 12.3 Å². The maximum atomic E-state index is 6.99. The van der Waals surface area contributed by atoms with Gasteiger partial charge in [0, 0.05) is 32.7 Å². The van der Waals surface area contributed by atoms with Crippen LogP contribution in [0.25, 0.3) is 82.8 Å².